The van der Waals surface area contributed by atoms with Crippen molar-refractivity contribution in [3.63, 3.8) is 0 Å². The van der Waals surface area contributed by atoms with E-state index in [4.69, 9.17) is 20.4 Å². The Hall–Kier alpha value is -2.83. The third-order valence-electron chi connectivity index (χ3n) is 7.87. The van der Waals surface area contributed by atoms with Gasteiger partial charge < -0.3 is 20.3 Å². The lowest BCUT2D eigenvalue weighted by atomic mass is 9.73. The summed E-state index contributed by atoms with van der Waals surface area (Å²) in [5, 5.41) is 7.70. The number of aromatic amines is 1. The third-order valence-corrected chi connectivity index (χ3v) is 8.92. The zero-order valence-corrected chi connectivity index (χ0v) is 20.8. The Morgan fingerprint density at radius 3 is 2.74 bits per heavy atom. The van der Waals surface area contributed by atoms with Crippen LogP contribution in [0.15, 0.2) is 23.5 Å². The van der Waals surface area contributed by atoms with E-state index in [-0.39, 0.29) is 22.6 Å². The first-order chi connectivity index (χ1) is 16.8. The average molecular weight is 499 g/mol. The van der Waals surface area contributed by atoms with E-state index in [9.17, 15) is 8.42 Å². The van der Waals surface area contributed by atoms with Crippen LogP contribution in [0.25, 0.3) is 11.2 Å². The summed E-state index contributed by atoms with van der Waals surface area (Å²) in [4.78, 5) is 18.0. The Balaban J connectivity index is 1.28. The van der Waals surface area contributed by atoms with Gasteiger partial charge in [-0.3, -0.25) is 5.10 Å². The first-order valence-electron chi connectivity index (χ1n) is 12.1. The number of pyridine rings is 1. The van der Waals surface area contributed by atoms with Crippen molar-refractivity contribution < 1.29 is 13.2 Å². The first kappa shape index (κ1) is 22.6. The van der Waals surface area contributed by atoms with Gasteiger partial charge in [0.05, 0.1) is 24.6 Å². The molecule has 1 spiro atoms. The van der Waals surface area contributed by atoms with Gasteiger partial charge in [-0.1, -0.05) is 0 Å². The predicted octanol–water partition coefficient (Wildman–Crippen LogP) is 1.57. The van der Waals surface area contributed by atoms with Crippen molar-refractivity contribution in [1.82, 2.24) is 25.1 Å². The molecule has 6 heterocycles. The van der Waals surface area contributed by atoms with E-state index in [1.165, 1.54) is 12.5 Å². The molecule has 3 aromatic heterocycles. The monoisotopic (exact) mass is 498 g/mol. The molecule has 0 aromatic carbocycles. The molecule has 35 heavy (non-hydrogen) atoms. The lowest BCUT2D eigenvalue weighted by Crippen LogP contribution is -2.50. The number of anilines is 3. The summed E-state index contributed by atoms with van der Waals surface area (Å²) in [6.07, 6.45) is 8.02. The second kappa shape index (κ2) is 8.10. The molecule has 0 saturated carbocycles. The van der Waals surface area contributed by atoms with Crippen LogP contribution in [-0.2, 0) is 21.0 Å². The first-order valence-corrected chi connectivity index (χ1v) is 13.9. The highest BCUT2D eigenvalue weighted by atomic mass is 32.2. The highest BCUT2D eigenvalue weighted by Gasteiger charge is 2.47. The van der Waals surface area contributed by atoms with E-state index in [0.29, 0.717) is 29.9 Å². The maximum atomic E-state index is 12.3. The van der Waals surface area contributed by atoms with E-state index in [0.717, 1.165) is 56.0 Å². The lowest BCUT2D eigenvalue weighted by Gasteiger charge is -2.41. The molecule has 186 valence electrons. The third kappa shape index (κ3) is 3.66. The molecule has 0 aliphatic carbocycles. The molecule has 11 nitrogen and oxygen atoms in total. The molecule has 2 atom stereocenters. The van der Waals surface area contributed by atoms with Crippen molar-refractivity contribution >= 4 is 38.3 Å². The summed E-state index contributed by atoms with van der Waals surface area (Å²) in [6.45, 7) is 5.20. The minimum Gasteiger partial charge on any atom is -0.376 e. The van der Waals surface area contributed by atoms with Crippen LogP contribution in [0.4, 0.5) is 17.3 Å². The fourth-order valence-corrected chi connectivity index (χ4v) is 6.71. The average Bonchev–Trinajstić information content (AvgIpc) is 3.40. The summed E-state index contributed by atoms with van der Waals surface area (Å²) in [5.41, 5.74) is 9.31. The quantitative estimate of drug-likeness (QED) is 0.546. The van der Waals surface area contributed by atoms with E-state index in [1.807, 2.05) is 11.0 Å². The summed E-state index contributed by atoms with van der Waals surface area (Å²) in [5.74, 6) is 1.46. The van der Waals surface area contributed by atoms with Crippen LogP contribution in [-0.4, -0.2) is 78.2 Å². The molecule has 2 fully saturated rings. The molecule has 3 aliphatic heterocycles. The number of hydrogen-bond acceptors (Lipinski definition) is 10. The number of nitrogens with one attached hydrogen (secondary N) is 1. The Morgan fingerprint density at radius 1 is 1.23 bits per heavy atom. The van der Waals surface area contributed by atoms with Crippen molar-refractivity contribution in [2.45, 2.75) is 49.8 Å². The number of fused-ring (bicyclic) bond motifs is 2. The summed E-state index contributed by atoms with van der Waals surface area (Å²) >= 11 is 0. The Bertz CT molecular complexity index is 1380. The molecule has 6 rings (SSSR count). The number of piperidine rings is 1. The van der Waals surface area contributed by atoms with Crippen LogP contribution in [0, 0.1) is 5.41 Å². The fraction of sp³-hybridized carbons (Fsp3) is 0.565. The normalized spacial score (nSPS) is 24.3. The molecular formula is C23H30N8O3S. The summed E-state index contributed by atoms with van der Waals surface area (Å²) in [6, 6.07) is 1.91. The molecule has 3 N–H and O–H groups in total. The van der Waals surface area contributed by atoms with Gasteiger partial charge in [-0.25, -0.2) is 23.4 Å². The number of nitrogens with two attached hydrogens (primary N) is 1. The van der Waals surface area contributed by atoms with Crippen LogP contribution < -0.4 is 15.5 Å². The van der Waals surface area contributed by atoms with Gasteiger partial charge in [-0.2, -0.15) is 5.10 Å². The number of rotatable bonds is 3. The van der Waals surface area contributed by atoms with Gasteiger partial charge in [0.1, 0.15) is 5.82 Å². The highest BCUT2D eigenvalue weighted by molar-refractivity contribution is 7.90. The van der Waals surface area contributed by atoms with Gasteiger partial charge in [-0.05, 0) is 38.7 Å². The Morgan fingerprint density at radius 2 is 2.03 bits per heavy atom. The minimum absolute atomic E-state index is 0.0515. The summed E-state index contributed by atoms with van der Waals surface area (Å²) < 4.78 is 30.4. The Kier molecular flexibility index (Phi) is 5.24. The maximum Gasteiger partial charge on any atom is 0.193 e. The zero-order valence-electron chi connectivity index (χ0n) is 19.9. The van der Waals surface area contributed by atoms with Gasteiger partial charge in [0.2, 0.25) is 0 Å². The molecule has 0 unspecified atom stereocenters. The van der Waals surface area contributed by atoms with Crippen molar-refractivity contribution in [2.24, 2.45) is 11.1 Å². The van der Waals surface area contributed by atoms with Crippen molar-refractivity contribution in [1.29, 1.82) is 0 Å². The van der Waals surface area contributed by atoms with Crippen LogP contribution in [0.3, 0.4) is 0 Å². The second-order valence-corrected chi connectivity index (χ2v) is 11.9. The summed E-state index contributed by atoms with van der Waals surface area (Å²) in [7, 11) is -3.43. The number of hydrogen-bond donors (Lipinski definition) is 2. The number of H-pyrrole nitrogens is 1. The van der Waals surface area contributed by atoms with Crippen molar-refractivity contribution in [3.8, 4) is 0 Å². The topological polar surface area (TPSA) is 143 Å². The SMILES string of the molecule is C[C@@H]1OCC2(CCN(c3cnc4c(N5CCCc6c5ccnc6S(C)(=O)=O)n[nH]c4n3)CC2)[C@@H]1N. The van der Waals surface area contributed by atoms with E-state index < -0.39 is 9.84 Å². The molecule has 12 heteroatoms. The molecule has 0 bridgehead atoms. The predicted molar refractivity (Wildman–Crippen MR) is 132 cm³/mol. The van der Waals surface area contributed by atoms with Crippen LogP contribution >= 0.6 is 0 Å². The number of ether oxygens (including phenoxy) is 1. The smallest absolute Gasteiger partial charge is 0.193 e. The lowest BCUT2D eigenvalue weighted by molar-refractivity contribution is 0.0974. The van der Waals surface area contributed by atoms with E-state index in [1.54, 1.807) is 6.20 Å². The minimum atomic E-state index is -3.43. The highest BCUT2D eigenvalue weighted by Crippen LogP contribution is 2.42. The largest absolute Gasteiger partial charge is 0.376 e. The Labute approximate surface area is 204 Å². The van der Waals surface area contributed by atoms with E-state index >= 15 is 0 Å². The van der Waals surface area contributed by atoms with Gasteiger partial charge in [0.15, 0.2) is 31.8 Å². The standard InChI is InChI=1S/C23H30N8O3S/c1-14-19(24)23(13-34-14)6-10-30(11-7-23)17-12-26-18-20(27-17)28-29-21(18)31-9-3-4-15-16(31)5-8-25-22(15)35(2,32)33/h5,8,12,14,19H,3-4,6-7,9-11,13,24H2,1-2H3,(H,27,28,29)/t14-,19+/m0/s1. The number of sulfone groups is 1. The van der Waals surface area contributed by atoms with Crippen LogP contribution in [0.2, 0.25) is 0 Å². The van der Waals surface area contributed by atoms with Gasteiger partial charge in [-0.15, -0.1) is 0 Å². The molecular weight excluding hydrogens is 468 g/mol. The van der Waals surface area contributed by atoms with Gasteiger partial charge in [0.25, 0.3) is 0 Å². The molecule has 0 radical (unpaired) electrons. The molecule has 0 amide bonds. The van der Waals surface area contributed by atoms with Crippen molar-refractivity contribution in [3.05, 3.63) is 24.0 Å². The van der Waals surface area contributed by atoms with Gasteiger partial charge in [0, 0.05) is 49.1 Å². The molecule has 3 aromatic rings. The van der Waals surface area contributed by atoms with E-state index in [2.05, 4.69) is 27.0 Å². The zero-order chi connectivity index (χ0) is 24.4. The number of aromatic nitrogens is 5. The van der Waals surface area contributed by atoms with Gasteiger partial charge >= 0.3 is 0 Å². The van der Waals surface area contributed by atoms with Crippen molar-refractivity contribution in [2.75, 3.05) is 42.3 Å². The maximum absolute atomic E-state index is 12.3. The molecule has 2 saturated heterocycles. The molecule has 3 aliphatic rings. The van der Waals surface area contributed by atoms with Crippen LogP contribution in [0.5, 0.6) is 0 Å². The number of nitrogens with zero attached hydrogens (tertiary/aromatic N) is 6. The van der Waals surface area contributed by atoms with Crippen LogP contribution in [0.1, 0.15) is 31.7 Å². The second-order valence-electron chi connectivity index (χ2n) is 10.0. The fourth-order valence-electron chi connectivity index (χ4n) is 5.80.